The zero-order valence-corrected chi connectivity index (χ0v) is 16.1. The fraction of sp³-hybridized carbons (Fsp3) is 0.600. The van der Waals surface area contributed by atoms with E-state index in [9.17, 15) is 9.59 Å². The summed E-state index contributed by atoms with van der Waals surface area (Å²) in [5, 5.41) is 0. The Morgan fingerprint density at radius 2 is 1.84 bits per heavy atom. The summed E-state index contributed by atoms with van der Waals surface area (Å²) in [6.07, 6.45) is 3.71. The molecule has 2 heterocycles. The van der Waals surface area contributed by atoms with Crippen LogP contribution in [0.4, 0.5) is 0 Å². The Balaban J connectivity index is 1.64. The second-order valence-corrected chi connectivity index (χ2v) is 8.54. The van der Waals surface area contributed by atoms with Crippen molar-refractivity contribution < 1.29 is 9.59 Å². The first-order valence-electron chi connectivity index (χ1n) is 9.37. The summed E-state index contributed by atoms with van der Waals surface area (Å²) in [6.45, 7) is 6.92. The molecule has 0 spiro atoms. The van der Waals surface area contributed by atoms with Gasteiger partial charge >= 0.3 is 0 Å². The van der Waals surface area contributed by atoms with Crippen LogP contribution in [0, 0.1) is 5.92 Å². The zero-order chi connectivity index (χ0) is 17.8. The maximum atomic E-state index is 12.9. The van der Waals surface area contributed by atoms with Gasteiger partial charge in [0.05, 0.1) is 0 Å². The molecule has 3 rings (SSSR count). The Kier molecular flexibility index (Phi) is 6.05. The Morgan fingerprint density at radius 1 is 1.08 bits per heavy atom. The van der Waals surface area contributed by atoms with Gasteiger partial charge in [-0.05, 0) is 54.7 Å². The molecule has 0 bridgehead atoms. The van der Waals surface area contributed by atoms with Crippen LogP contribution < -0.4 is 0 Å². The normalized spacial score (nSPS) is 18.0. The van der Waals surface area contributed by atoms with Crippen molar-refractivity contribution in [3.05, 3.63) is 29.3 Å². The third kappa shape index (κ3) is 4.57. The van der Waals surface area contributed by atoms with Gasteiger partial charge in [0.1, 0.15) is 0 Å². The lowest BCUT2D eigenvalue weighted by atomic mass is 10.1. The van der Waals surface area contributed by atoms with E-state index in [1.807, 2.05) is 27.6 Å². The van der Waals surface area contributed by atoms with Gasteiger partial charge in [-0.2, -0.15) is 0 Å². The molecule has 1 aromatic rings. The van der Waals surface area contributed by atoms with E-state index in [-0.39, 0.29) is 11.8 Å². The molecule has 25 heavy (non-hydrogen) atoms. The molecule has 0 aromatic heterocycles. The van der Waals surface area contributed by atoms with Gasteiger partial charge in [0.2, 0.25) is 5.91 Å². The van der Waals surface area contributed by atoms with E-state index in [1.54, 1.807) is 0 Å². The van der Waals surface area contributed by atoms with Crippen molar-refractivity contribution in [1.82, 2.24) is 9.80 Å². The summed E-state index contributed by atoms with van der Waals surface area (Å²) in [4.78, 5) is 30.4. The average molecular weight is 361 g/mol. The second-order valence-electron chi connectivity index (χ2n) is 7.40. The standard InChI is InChI=1S/C20H28N2O2S/c1-15(2)13-19(23)21-8-4-9-22(11-10-21)20(24)17-6-7-18-16(14-17)5-3-12-25-18/h6-7,14-15H,3-5,8-13H2,1-2H3. The monoisotopic (exact) mass is 360 g/mol. The number of aryl methyl sites for hydroxylation is 1. The third-order valence-corrected chi connectivity index (χ3v) is 6.08. The highest BCUT2D eigenvalue weighted by atomic mass is 32.2. The van der Waals surface area contributed by atoms with Gasteiger partial charge in [0.15, 0.2) is 0 Å². The molecule has 0 unspecified atom stereocenters. The minimum Gasteiger partial charge on any atom is -0.341 e. The number of amides is 2. The molecular formula is C20H28N2O2S. The molecule has 136 valence electrons. The Hall–Kier alpha value is -1.49. The van der Waals surface area contributed by atoms with Crippen LogP contribution in [-0.2, 0) is 11.2 Å². The van der Waals surface area contributed by atoms with Crippen LogP contribution >= 0.6 is 11.8 Å². The second kappa shape index (κ2) is 8.26. The summed E-state index contributed by atoms with van der Waals surface area (Å²) in [6, 6.07) is 6.14. The SMILES string of the molecule is CC(C)CC(=O)N1CCCN(C(=O)c2ccc3c(c2)CCCS3)CC1. The molecule has 1 aromatic carbocycles. The Labute approximate surface area is 154 Å². The number of hydrogen-bond donors (Lipinski definition) is 0. The van der Waals surface area contributed by atoms with Gasteiger partial charge in [-0.25, -0.2) is 0 Å². The molecule has 2 amide bonds. The minimum absolute atomic E-state index is 0.108. The summed E-state index contributed by atoms with van der Waals surface area (Å²) in [5.74, 6) is 1.88. The van der Waals surface area contributed by atoms with E-state index in [1.165, 1.54) is 22.6 Å². The van der Waals surface area contributed by atoms with Crippen molar-refractivity contribution in [3.63, 3.8) is 0 Å². The highest BCUT2D eigenvalue weighted by Crippen LogP contribution is 2.30. The van der Waals surface area contributed by atoms with Crippen LogP contribution in [0.25, 0.3) is 0 Å². The summed E-state index contributed by atoms with van der Waals surface area (Å²) >= 11 is 1.89. The fourth-order valence-corrected chi connectivity index (χ4v) is 4.54. The zero-order valence-electron chi connectivity index (χ0n) is 15.3. The molecule has 1 saturated heterocycles. The summed E-state index contributed by atoms with van der Waals surface area (Å²) < 4.78 is 0. The van der Waals surface area contributed by atoms with E-state index in [4.69, 9.17) is 0 Å². The molecular weight excluding hydrogens is 332 g/mol. The Bertz CT molecular complexity index is 645. The first kappa shape index (κ1) is 18.3. The van der Waals surface area contributed by atoms with Crippen LogP contribution in [0.2, 0.25) is 0 Å². The van der Waals surface area contributed by atoms with Gasteiger partial charge in [-0.3, -0.25) is 9.59 Å². The number of carbonyl (C=O) groups is 2. The summed E-state index contributed by atoms with van der Waals surface area (Å²) in [5.41, 5.74) is 2.11. The molecule has 2 aliphatic heterocycles. The maximum absolute atomic E-state index is 12.9. The topological polar surface area (TPSA) is 40.6 Å². The first-order valence-corrected chi connectivity index (χ1v) is 10.4. The molecule has 2 aliphatic rings. The molecule has 4 nitrogen and oxygen atoms in total. The smallest absolute Gasteiger partial charge is 0.253 e. The molecule has 0 atom stereocenters. The van der Waals surface area contributed by atoms with Crippen LogP contribution in [0.3, 0.4) is 0 Å². The van der Waals surface area contributed by atoms with Gasteiger partial charge in [-0.15, -0.1) is 11.8 Å². The fourth-order valence-electron chi connectivity index (χ4n) is 3.52. The van der Waals surface area contributed by atoms with Gasteiger partial charge in [0, 0.05) is 43.1 Å². The highest BCUT2D eigenvalue weighted by molar-refractivity contribution is 7.99. The average Bonchev–Trinajstić information content (AvgIpc) is 2.86. The molecule has 0 N–H and O–H groups in total. The number of thioether (sulfide) groups is 1. The molecule has 0 saturated carbocycles. The quantitative estimate of drug-likeness (QED) is 0.829. The van der Waals surface area contributed by atoms with Gasteiger partial charge in [0.25, 0.3) is 5.91 Å². The number of carbonyl (C=O) groups excluding carboxylic acids is 2. The van der Waals surface area contributed by atoms with E-state index >= 15 is 0 Å². The number of hydrogen-bond acceptors (Lipinski definition) is 3. The third-order valence-electron chi connectivity index (χ3n) is 4.87. The lowest BCUT2D eigenvalue weighted by Gasteiger charge is -2.23. The predicted molar refractivity (Wildman–Crippen MR) is 102 cm³/mol. The van der Waals surface area contributed by atoms with Crippen LogP contribution in [-0.4, -0.2) is 53.5 Å². The number of fused-ring (bicyclic) bond motifs is 1. The van der Waals surface area contributed by atoms with Crippen LogP contribution in [0.5, 0.6) is 0 Å². The van der Waals surface area contributed by atoms with Crippen molar-refractivity contribution in [1.29, 1.82) is 0 Å². The number of benzene rings is 1. The highest BCUT2D eigenvalue weighted by Gasteiger charge is 2.24. The summed E-state index contributed by atoms with van der Waals surface area (Å²) in [7, 11) is 0. The number of rotatable bonds is 3. The molecule has 0 aliphatic carbocycles. The largest absolute Gasteiger partial charge is 0.341 e. The van der Waals surface area contributed by atoms with E-state index in [0.717, 1.165) is 31.5 Å². The van der Waals surface area contributed by atoms with Crippen LogP contribution in [0.15, 0.2) is 23.1 Å². The van der Waals surface area contributed by atoms with E-state index in [0.29, 0.717) is 25.4 Å². The van der Waals surface area contributed by atoms with Crippen molar-refractivity contribution in [3.8, 4) is 0 Å². The first-order chi connectivity index (χ1) is 12.0. The minimum atomic E-state index is 0.108. The molecule has 5 heteroatoms. The van der Waals surface area contributed by atoms with Crippen LogP contribution in [0.1, 0.15) is 49.0 Å². The van der Waals surface area contributed by atoms with Crippen molar-refractivity contribution in [2.24, 2.45) is 5.92 Å². The van der Waals surface area contributed by atoms with Crippen molar-refractivity contribution in [2.75, 3.05) is 31.9 Å². The van der Waals surface area contributed by atoms with Gasteiger partial charge < -0.3 is 9.80 Å². The predicted octanol–water partition coefficient (Wildman–Crippen LogP) is 3.45. The lowest BCUT2D eigenvalue weighted by molar-refractivity contribution is -0.131. The van der Waals surface area contributed by atoms with Gasteiger partial charge in [-0.1, -0.05) is 13.8 Å². The number of nitrogens with zero attached hydrogens (tertiary/aromatic N) is 2. The van der Waals surface area contributed by atoms with Crippen molar-refractivity contribution >= 4 is 23.6 Å². The van der Waals surface area contributed by atoms with Crippen molar-refractivity contribution in [2.45, 2.75) is 44.4 Å². The van der Waals surface area contributed by atoms with E-state index in [2.05, 4.69) is 26.0 Å². The molecule has 1 fully saturated rings. The van der Waals surface area contributed by atoms with E-state index < -0.39 is 0 Å². The maximum Gasteiger partial charge on any atom is 0.253 e. The Morgan fingerprint density at radius 3 is 2.64 bits per heavy atom. The lowest BCUT2D eigenvalue weighted by Crippen LogP contribution is -2.37. The molecule has 0 radical (unpaired) electrons.